The highest BCUT2D eigenvalue weighted by molar-refractivity contribution is 5.76. The monoisotopic (exact) mass is 248 g/mol. The van der Waals surface area contributed by atoms with E-state index in [1.165, 1.54) is 12.8 Å². The first kappa shape index (κ1) is 11.7. The van der Waals surface area contributed by atoms with Crippen molar-refractivity contribution in [1.82, 2.24) is 19.8 Å². The molecule has 1 fully saturated rings. The van der Waals surface area contributed by atoms with Gasteiger partial charge in [-0.15, -0.1) is 0 Å². The quantitative estimate of drug-likeness (QED) is 0.840. The maximum absolute atomic E-state index is 12.2. The molecule has 1 unspecified atom stereocenters. The standard InChI is InChI=1S/C13H20N4O/c18-13(9-11-3-1-2-4-14-11)17-8-7-16-6-5-15-12(16)10-17/h5-6,11,14H,1-4,7-10H2. The number of imidazole rings is 1. The average molecular weight is 248 g/mol. The van der Waals surface area contributed by atoms with Gasteiger partial charge in [-0.25, -0.2) is 4.98 Å². The largest absolute Gasteiger partial charge is 0.333 e. The first-order valence-corrected chi connectivity index (χ1v) is 6.84. The molecule has 1 N–H and O–H groups in total. The van der Waals surface area contributed by atoms with Crippen molar-refractivity contribution in [2.45, 2.75) is 44.8 Å². The van der Waals surface area contributed by atoms with Crippen LogP contribution in [0.25, 0.3) is 0 Å². The van der Waals surface area contributed by atoms with Crippen molar-refractivity contribution in [1.29, 1.82) is 0 Å². The van der Waals surface area contributed by atoms with Crippen LogP contribution >= 0.6 is 0 Å². The van der Waals surface area contributed by atoms with Gasteiger partial charge in [0.15, 0.2) is 0 Å². The lowest BCUT2D eigenvalue weighted by molar-refractivity contribution is -0.133. The molecule has 2 aliphatic rings. The smallest absolute Gasteiger partial charge is 0.224 e. The van der Waals surface area contributed by atoms with E-state index < -0.39 is 0 Å². The number of carbonyl (C=O) groups is 1. The Kier molecular flexibility index (Phi) is 3.32. The van der Waals surface area contributed by atoms with Gasteiger partial charge in [-0.05, 0) is 19.4 Å². The number of nitrogens with zero attached hydrogens (tertiary/aromatic N) is 3. The fourth-order valence-electron chi connectivity index (χ4n) is 2.82. The number of fused-ring (bicyclic) bond motifs is 1. The van der Waals surface area contributed by atoms with E-state index in [4.69, 9.17) is 0 Å². The third kappa shape index (κ3) is 2.41. The Labute approximate surface area is 107 Å². The molecule has 1 amide bonds. The van der Waals surface area contributed by atoms with E-state index in [1.54, 1.807) is 0 Å². The minimum absolute atomic E-state index is 0.267. The molecule has 0 bridgehead atoms. The topological polar surface area (TPSA) is 50.2 Å². The minimum atomic E-state index is 0.267. The van der Waals surface area contributed by atoms with E-state index in [2.05, 4.69) is 14.9 Å². The summed E-state index contributed by atoms with van der Waals surface area (Å²) in [6, 6.07) is 0.382. The first-order chi connectivity index (χ1) is 8.83. The Bertz CT molecular complexity index is 422. The molecular formula is C13H20N4O. The second-order valence-corrected chi connectivity index (χ2v) is 5.20. The normalized spacial score (nSPS) is 23.8. The molecule has 0 saturated carbocycles. The fourth-order valence-corrected chi connectivity index (χ4v) is 2.82. The van der Waals surface area contributed by atoms with Crippen molar-refractivity contribution in [3.05, 3.63) is 18.2 Å². The Morgan fingerprint density at radius 1 is 1.44 bits per heavy atom. The van der Waals surface area contributed by atoms with Crippen molar-refractivity contribution in [3.8, 4) is 0 Å². The summed E-state index contributed by atoms with van der Waals surface area (Å²) in [7, 11) is 0. The zero-order valence-corrected chi connectivity index (χ0v) is 10.6. The second-order valence-electron chi connectivity index (χ2n) is 5.20. The predicted molar refractivity (Wildman–Crippen MR) is 67.9 cm³/mol. The molecule has 18 heavy (non-hydrogen) atoms. The van der Waals surface area contributed by atoms with Crippen LogP contribution in [0, 0.1) is 0 Å². The van der Waals surface area contributed by atoms with Crippen molar-refractivity contribution in [2.75, 3.05) is 13.1 Å². The highest BCUT2D eigenvalue weighted by Crippen LogP contribution is 2.15. The van der Waals surface area contributed by atoms with Crippen LogP contribution < -0.4 is 5.32 Å². The van der Waals surface area contributed by atoms with E-state index in [-0.39, 0.29) is 5.91 Å². The van der Waals surface area contributed by atoms with E-state index >= 15 is 0 Å². The molecule has 3 heterocycles. The lowest BCUT2D eigenvalue weighted by atomic mass is 10.0. The molecule has 5 heteroatoms. The van der Waals surface area contributed by atoms with Crippen molar-refractivity contribution < 1.29 is 4.79 Å². The molecule has 5 nitrogen and oxygen atoms in total. The third-order valence-corrected chi connectivity index (χ3v) is 3.93. The van der Waals surface area contributed by atoms with Gasteiger partial charge in [0.2, 0.25) is 5.91 Å². The lowest BCUT2D eigenvalue weighted by Gasteiger charge is -2.30. The van der Waals surface area contributed by atoms with Gasteiger partial charge in [-0.3, -0.25) is 4.79 Å². The molecule has 1 aromatic rings. The Balaban J connectivity index is 1.57. The summed E-state index contributed by atoms with van der Waals surface area (Å²) in [4.78, 5) is 18.5. The minimum Gasteiger partial charge on any atom is -0.333 e. The van der Waals surface area contributed by atoms with E-state index in [0.717, 1.165) is 31.9 Å². The van der Waals surface area contributed by atoms with Crippen LogP contribution in [0.15, 0.2) is 12.4 Å². The van der Waals surface area contributed by atoms with Crippen LogP contribution in [-0.4, -0.2) is 39.5 Å². The van der Waals surface area contributed by atoms with Crippen molar-refractivity contribution in [3.63, 3.8) is 0 Å². The highest BCUT2D eigenvalue weighted by atomic mass is 16.2. The number of hydrogen-bond acceptors (Lipinski definition) is 3. The molecule has 0 spiro atoms. The Morgan fingerprint density at radius 3 is 3.22 bits per heavy atom. The molecule has 98 valence electrons. The number of amides is 1. The van der Waals surface area contributed by atoms with Crippen LogP contribution in [0.1, 0.15) is 31.5 Å². The molecule has 1 atom stereocenters. The van der Waals surface area contributed by atoms with Gasteiger partial charge in [0.25, 0.3) is 0 Å². The number of carbonyl (C=O) groups excluding carboxylic acids is 1. The van der Waals surface area contributed by atoms with E-state index in [0.29, 0.717) is 19.0 Å². The summed E-state index contributed by atoms with van der Waals surface area (Å²) < 4.78 is 2.13. The van der Waals surface area contributed by atoms with Gasteiger partial charge in [0.1, 0.15) is 5.82 Å². The number of nitrogens with one attached hydrogen (secondary N) is 1. The lowest BCUT2D eigenvalue weighted by Crippen LogP contribution is -2.43. The van der Waals surface area contributed by atoms with Crippen LogP contribution in [0.2, 0.25) is 0 Å². The number of piperidine rings is 1. The fraction of sp³-hybridized carbons (Fsp3) is 0.692. The van der Waals surface area contributed by atoms with Crippen molar-refractivity contribution in [2.24, 2.45) is 0 Å². The summed E-state index contributed by atoms with van der Waals surface area (Å²) in [6.45, 7) is 3.41. The predicted octanol–water partition coefficient (Wildman–Crippen LogP) is 0.757. The van der Waals surface area contributed by atoms with Gasteiger partial charge in [0.05, 0.1) is 6.54 Å². The summed E-state index contributed by atoms with van der Waals surface area (Å²) in [5.74, 6) is 1.27. The summed E-state index contributed by atoms with van der Waals surface area (Å²) in [5, 5.41) is 3.43. The SMILES string of the molecule is O=C(CC1CCCCN1)N1CCn2ccnc2C1. The summed E-state index contributed by atoms with van der Waals surface area (Å²) >= 11 is 0. The molecule has 3 rings (SSSR count). The zero-order chi connectivity index (χ0) is 12.4. The van der Waals surface area contributed by atoms with Crippen LogP contribution in [0.3, 0.4) is 0 Å². The van der Waals surface area contributed by atoms with Gasteiger partial charge in [0, 0.05) is 37.9 Å². The van der Waals surface area contributed by atoms with Gasteiger partial charge >= 0.3 is 0 Å². The highest BCUT2D eigenvalue weighted by Gasteiger charge is 2.24. The number of aromatic nitrogens is 2. The third-order valence-electron chi connectivity index (χ3n) is 3.93. The average Bonchev–Trinajstić information content (AvgIpc) is 2.87. The molecule has 0 aromatic carbocycles. The summed E-state index contributed by atoms with van der Waals surface area (Å²) in [5.41, 5.74) is 0. The number of rotatable bonds is 2. The van der Waals surface area contributed by atoms with Crippen LogP contribution in [-0.2, 0) is 17.9 Å². The first-order valence-electron chi connectivity index (χ1n) is 6.84. The maximum atomic E-state index is 12.2. The molecule has 1 aromatic heterocycles. The van der Waals surface area contributed by atoms with Gasteiger partial charge < -0.3 is 14.8 Å². The van der Waals surface area contributed by atoms with Gasteiger partial charge in [-0.1, -0.05) is 6.42 Å². The van der Waals surface area contributed by atoms with Gasteiger partial charge in [-0.2, -0.15) is 0 Å². The Hall–Kier alpha value is -1.36. The van der Waals surface area contributed by atoms with Crippen LogP contribution in [0.5, 0.6) is 0 Å². The molecular weight excluding hydrogens is 228 g/mol. The molecule has 0 radical (unpaired) electrons. The van der Waals surface area contributed by atoms with Crippen molar-refractivity contribution >= 4 is 5.91 Å². The molecule has 1 saturated heterocycles. The maximum Gasteiger partial charge on any atom is 0.224 e. The Morgan fingerprint density at radius 2 is 2.39 bits per heavy atom. The molecule has 2 aliphatic heterocycles. The second kappa shape index (κ2) is 5.10. The van der Waals surface area contributed by atoms with E-state index in [1.807, 2.05) is 17.3 Å². The summed E-state index contributed by atoms with van der Waals surface area (Å²) in [6.07, 6.45) is 8.06. The zero-order valence-electron chi connectivity index (χ0n) is 10.6. The number of hydrogen-bond donors (Lipinski definition) is 1. The molecule has 0 aliphatic carbocycles. The van der Waals surface area contributed by atoms with Crippen LogP contribution in [0.4, 0.5) is 0 Å². The van der Waals surface area contributed by atoms with E-state index in [9.17, 15) is 4.79 Å².